The van der Waals surface area contributed by atoms with E-state index in [0.717, 1.165) is 0 Å². The lowest BCUT2D eigenvalue weighted by molar-refractivity contribution is -0.128. The first-order chi connectivity index (χ1) is 8.47. The van der Waals surface area contributed by atoms with E-state index >= 15 is 0 Å². The van der Waals surface area contributed by atoms with E-state index in [1.165, 1.54) is 4.90 Å². The molecule has 0 bridgehead atoms. The maximum atomic E-state index is 11.4. The van der Waals surface area contributed by atoms with Crippen molar-refractivity contribution in [3.63, 3.8) is 0 Å². The third kappa shape index (κ3) is 3.28. The monoisotopic (exact) mass is 254 g/mol. The second-order valence-electron chi connectivity index (χ2n) is 4.16. The number of aromatic carboxylic acids is 1. The van der Waals surface area contributed by atoms with Gasteiger partial charge in [0, 0.05) is 27.1 Å². The highest BCUT2D eigenvalue weighted by molar-refractivity contribution is 5.86. The zero-order valence-corrected chi connectivity index (χ0v) is 10.9. The van der Waals surface area contributed by atoms with Gasteiger partial charge >= 0.3 is 5.97 Å². The molecule has 1 amide bonds. The fourth-order valence-electron chi connectivity index (χ4n) is 1.63. The minimum Gasteiger partial charge on any atom is -0.476 e. The minimum atomic E-state index is -1.07. The van der Waals surface area contributed by atoms with Crippen molar-refractivity contribution in [1.82, 2.24) is 19.9 Å². The van der Waals surface area contributed by atoms with Crippen LogP contribution < -0.4 is 0 Å². The van der Waals surface area contributed by atoms with Gasteiger partial charge in [0.2, 0.25) is 5.91 Å². The molecule has 1 heterocycles. The molecule has 7 nitrogen and oxygen atoms in total. The fraction of sp³-hybridized carbons (Fsp3) is 0.636. The molecule has 1 N–H and O–H groups in total. The third-order valence-electron chi connectivity index (χ3n) is 2.63. The van der Waals surface area contributed by atoms with Crippen LogP contribution in [0.25, 0.3) is 0 Å². The number of carbonyl (C=O) groups excluding carboxylic acids is 1. The van der Waals surface area contributed by atoms with Crippen LogP contribution in [-0.2, 0) is 17.8 Å². The van der Waals surface area contributed by atoms with E-state index in [1.54, 1.807) is 18.8 Å². The minimum absolute atomic E-state index is 0.00330. The lowest BCUT2D eigenvalue weighted by Gasteiger charge is -2.10. The van der Waals surface area contributed by atoms with Crippen molar-refractivity contribution in [2.75, 3.05) is 14.1 Å². The van der Waals surface area contributed by atoms with Crippen LogP contribution in [0.1, 0.15) is 35.9 Å². The van der Waals surface area contributed by atoms with E-state index in [0.29, 0.717) is 31.5 Å². The van der Waals surface area contributed by atoms with E-state index < -0.39 is 5.97 Å². The highest BCUT2D eigenvalue weighted by atomic mass is 16.4. The van der Waals surface area contributed by atoms with Gasteiger partial charge in [-0.15, -0.1) is 5.10 Å². The van der Waals surface area contributed by atoms with Crippen molar-refractivity contribution in [2.45, 2.75) is 32.7 Å². The van der Waals surface area contributed by atoms with Crippen molar-refractivity contribution in [2.24, 2.45) is 0 Å². The molecule has 0 aliphatic carbocycles. The second kappa shape index (κ2) is 6.13. The summed E-state index contributed by atoms with van der Waals surface area (Å²) in [6, 6.07) is 0. The van der Waals surface area contributed by atoms with Gasteiger partial charge in [-0.2, -0.15) is 0 Å². The van der Waals surface area contributed by atoms with Gasteiger partial charge in [-0.1, -0.05) is 12.1 Å². The van der Waals surface area contributed by atoms with Crippen LogP contribution in [0.3, 0.4) is 0 Å². The van der Waals surface area contributed by atoms with E-state index in [1.807, 2.05) is 6.92 Å². The molecule has 0 fully saturated rings. The Morgan fingerprint density at radius 2 is 2.06 bits per heavy atom. The number of carboxylic acid groups (broad SMARTS) is 1. The quantitative estimate of drug-likeness (QED) is 0.794. The van der Waals surface area contributed by atoms with Gasteiger partial charge in [0.1, 0.15) is 0 Å². The molecule has 0 aromatic carbocycles. The smallest absolute Gasteiger partial charge is 0.358 e. The number of amides is 1. The van der Waals surface area contributed by atoms with E-state index in [9.17, 15) is 9.59 Å². The summed E-state index contributed by atoms with van der Waals surface area (Å²) in [5, 5.41) is 16.4. The van der Waals surface area contributed by atoms with Gasteiger partial charge < -0.3 is 10.0 Å². The first-order valence-corrected chi connectivity index (χ1v) is 5.83. The van der Waals surface area contributed by atoms with Crippen LogP contribution in [0.2, 0.25) is 0 Å². The Bertz CT molecular complexity index is 439. The summed E-state index contributed by atoms with van der Waals surface area (Å²) >= 11 is 0. The number of aromatic nitrogens is 3. The summed E-state index contributed by atoms with van der Waals surface area (Å²) in [6.45, 7) is 2.36. The molecule has 0 aliphatic heterocycles. The summed E-state index contributed by atoms with van der Waals surface area (Å²) in [5.74, 6) is -1.02. The number of hydrogen-bond donors (Lipinski definition) is 1. The third-order valence-corrected chi connectivity index (χ3v) is 2.63. The molecule has 0 aliphatic rings. The van der Waals surface area contributed by atoms with Crippen molar-refractivity contribution >= 4 is 11.9 Å². The lowest BCUT2D eigenvalue weighted by atomic mass is 10.2. The molecule has 0 atom stereocenters. The first kappa shape index (κ1) is 14.1. The molecule has 0 saturated heterocycles. The Morgan fingerprint density at radius 1 is 1.39 bits per heavy atom. The molecule has 1 rings (SSSR count). The van der Waals surface area contributed by atoms with Gasteiger partial charge in [-0.25, -0.2) is 9.48 Å². The largest absolute Gasteiger partial charge is 0.476 e. The van der Waals surface area contributed by atoms with Gasteiger partial charge in [-0.3, -0.25) is 4.79 Å². The Hall–Kier alpha value is -1.92. The summed E-state index contributed by atoms with van der Waals surface area (Å²) < 4.78 is 1.56. The predicted molar refractivity (Wildman–Crippen MR) is 64.3 cm³/mol. The Labute approximate surface area is 105 Å². The van der Waals surface area contributed by atoms with Crippen molar-refractivity contribution in [3.05, 3.63) is 11.4 Å². The normalized spacial score (nSPS) is 10.4. The van der Waals surface area contributed by atoms with Crippen LogP contribution in [0.4, 0.5) is 0 Å². The van der Waals surface area contributed by atoms with Gasteiger partial charge in [0.05, 0.1) is 5.69 Å². The Morgan fingerprint density at radius 3 is 2.56 bits per heavy atom. The highest BCUT2D eigenvalue weighted by Gasteiger charge is 2.17. The van der Waals surface area contributed by atoms with Crippen molar-refractivity contribution < 1.29 is 14.7 Å². The lowest BCUT2D eigenvalue weighted by Crippen LogP contribution is -2.21. The maximum Gasteiger partial charge on any atom is 0.358 e. The van der Waals surface area contributed by atoms with Crippen LogP contribution in [0.5, 0.6) is 0 Å². The molecule has 100 valence electrons. The zero-order valence-electron chi connectivity index (χ0n) is 10.9. The molecule has 18 heavy (non-hydrogen) atoms. The van der Waals surface area contributed by atoms with Crippen LogP contribution >= 0.6 is 0 Å². The molecule has 0 spiro atoms. The topological polar surface area (TPSA) is 88.3 Å². The summed E-state index contributed by atoms with van der Waals surface area (Å²) in [4.78, 5) is 23.8. The molecule has 7 heteroatoms. The number of nitrogens with zero attached hydrogens (tertiary/aromatic N) is 4. The van der Waals surface area contributed by atoms with E-state index in [-0.39, 0.29) is 11.6 Å². The SMILES string of the molecule is CCc1c(C(=O)O)nnn1CCCC(=O)N(C)C. The predicted octanol–water partition coefficient (Wildman–Crippen LogP) is 0.407. The average Bonchev–Trinajstić information content (AvgIpc) is 2.71. The van der Waals surface area contributed by atoms with Gasteiger partial charge in [-0.05, 0) is 12.8 Å². The number of rotatable bonds is 6. The van der Waals surface area contributed by atoms with Crippen LogP contribution in [0, 0.1) is 0 Å². The maximum absolute atomic E-state index is 11.4. The number of carboxylic acids is 1. The molecule has 1 aromatic heterocycles. The number of aryl methyl sites for hydroxylation is 1. The Kier molecular flexibility index (Phi) is 4.82. The molecule has 0 saturated carbocycles. The number of hydrogen-bond acceptors (Lipinski definition) is 4. The summed E-state index contributed by atoms with van der Waals surface area (Å²) in [6.07, 6.45) is 1.58. The average molecular weight is 254 g/mol. The van der Waals surface area contributed by atoms with Crippen molar-refractivity contribution in [1.29, 1.82) is 0 Å². The zero-order chi connectivity index (χ0) is 13.7. The van der Waals surface area contributed by atoms with E-state index in [4.69, 9.17) is 5.11 Å². The second-order valence-corrected chi connectivity index (χ2v) is 4.16. The summed E-state index contributed by atoms with van der Waals surface area (Å²) in [7, 11) is 3.41. The molecular formula is C11H18N4O3. The van der Waals surface area contributed by atoms with Gasteiger partial charge in [0.25, 0.3) is 0 Å². The first-order valence-electron chi connectivity index (χ1n) is 5.83. The number of carbonyl (C=O) groups is 2. The van der Waals surface area contributed by atoms with Crippen LogP contribution in [-0.4, -0.2) is 51.0 Å². The fourth-order valence-corrected chi connectivity index (χ4v) is 1.63. The highest BCUT2D eigenvalue weighted by Crippen LogP contribution is 2.08. The standard InChI is InChI=1S/C11H18N4O3/c1-4-8-10(11(17)18)12-13-15(8)7-5-6-9(16)14(2)3/h4-7H2,1-3H3,(H,17,18). The molecule has 1 aromatic rings. The van der Waals surface area contributed by atoms with Gasteiger partial charge in [0.15, 0.2) is 5.69 Å². The Balaban J connectivity index is 2.63. The summed E-state index contributed by atoms with van der Waals surface area (Å²) in [5.41, 5.74) is 0.594. The molecule has 0 radical (unpaired) electrons. The molecule has 0 unspecified atom stereocenters. The van der Waals surface area contributed by atoms with Crippen LogP contribution in [0.15, 0.2) is 0 Å². The van der Waals surface area contributed by atoms with E-state index in [2.05, 4.69) is 10.3 Å². The molecular weight excluding hydrogens is 236 g/mol. The van der Waals surface area contributed by atoms with Crippen molar-refractivity contribution in [3.8, 4) is 0 Å².